The summed E-state index contributed by atoms with van der Waals surface area (Å²) in [6.45, 7) is 0.732. The van der Waals surface area contributed by atoms with Crippen LogP contribution in [0.5, 0.6) is 0 Å². The van der Waals surface area contributed by atoms with Gasteiger partial charge in [-0.25, -0.2) is 4.79 Å². The first-order valence-corrected chi connectivity index (χ1v) is 4.78. The highest BCUT2D eigenvalue weighted by molar-refractivity contribution is 6.30. The van der Waals surface area contributed by atoms with Gasteiger partial charge in [-0.1, -0.05) is 29.8 Å². The van der Waals surface area contributed by atoms with E-state index in [0.29, 0.717) is 11.6 Å². The van der Waals surface area contributed by atoms with Gasteiger partial charge in [-0.05, 0) is 17.7 Å². The summed E-state index contributed by atoms with van der Waals surface area (Å²) in [5, 5.41) is 8.99. The number of halogens is 1. The van der Waals surface area contributed by atoms with Gasteiger partial charge in [-0.2, -0.15) is 0 Å². The number of carboxylic acids is 1. The predicted molar refractivity (Wildman–Crippen MR) is 57.9 cm³/mol. The molecule has 0 aliphatic heterocycles. The van der Waals surface area contributed by atoms with Crippen molar-refractivity contribution in [1.29, 1.82) is 0 Å². The number of carbonyl (C=O) groups is 1. The smallest absolute Gasteiger partial charge is 0.328 e. The number of aliphatic carboxylic acids is 1. The van der Waals surface area contributed by atoms with Crippen molar-refractivity contribution in [3.05, 3.63) is 47.0 Å². The van der Waals surface area contributed by atoms with Crippen LogP contribution in [0.4, 0.5) is 0 Å². The van der Waals surface area contributed by atoms with Crippen molar-refractivity contribution in [2.75, 3.05) is 6.61 Å². The van der Waals surface area contributed by atoms with Crippen LogP contribution in [-0.4, -0.2) is 17.7 Å². The molecule has 0 heterocycles. The van der Waals surface area contributed by atoms with E-state index >= 15 is 0 Å². The van der Waals surface area contributed by atoms with Gasteiger partial charge in [-0.3, -0.25) is 0 Å². The Bertz CT molecular complexity index is 343. The SMILES string of the molecule is O=C(O)/C=C/COCc1ccc(Cl)cc1. The summed E-state index contributed by atoms with van der Waals surface area (Å²) in [7, 11) is 0. The number of benzene rings is 1. The Morgan fingerprint density at radius 2 is 2.07 bits per heavy atom. The van der Waals surface area contributed by atoms with Crippen molar-refractivity contribution in [2.24, 2.45) is 0 Å². The first-order chi connectivity index (χ1) is 7.18. The molecule has 1 aromatic rings. The van der Waals surface area contributed by atoms with E-state index in [0.717, 1.165) is 11.6 Å². The second-order valence-corrected chi connectivity index (χ2v) is 3.32. The molecule has 0 saturated carbocycles. The first-order valence-electron chi connectivity index (χ1n) is 4.40. The van der Waals surface area contributed by atoms with E-state index in [2.05, 4.69) is 0 Å². The molecule has 0 unspecified atom stereocenters. The lowest BCUT2D eigenvalue weighted by atomic mass is 10.2. The van der Waals surface area contributed by atoms with Crippen molar-refractivity contribution >= 4 is 17.6 Å². The van der Waals surface area contributed by atoms with E-state index < -0.39 is 5.97 Å². The Morgan fingerprint density at radius 3 is 2.67 bits per heavy atom. The molecule has 1 N–H and O–H groups in total. The van der Waals surface area contributed by atoms with Crippen LogP contribution in [0.15, 0.2) is 36.4 Å². The van der Waals surface area contributed by atoms with Gasteiger partial charge < -0.3 is 9.84 Å². The standard InChI is InChI=1S/C11H11ClO3/c12-10-5-3-9(4-6-10)8-15-7-1-2-11(13)14/h1-6H,7-8H2,(H,13,14)/b2-1+. The molecule has 0 aliphatic rings. The maximum atomic E-state index is 10.1. The van der Waals surface area contributed by atoms with E-state index in [1.807, 2.05) is 12.1 Å². The lowest BCUT2D eigenvalue weighted by Gasteiger charge is -2.01. The van der Waals surface area contributed by atoms with Gasteiger partial charge >= 0.3 is 5.97 Å². The topological polar surface area (TPSA) is 46.5 Å². The van der Waals surface area contributed by atoms with E-state index in [1.54, 1.807) is 12.1 Å². The van der Waals surface area contributed by atoms with Gasteiger partial charge in [0.05, 0.1) is 13.2 Å². The van der Waals surface area contributed by atoms with Gasteiger partial charge in [0, 0.05) is 11.1 Å². The average Bonchev–Trinajstić information content (AvgIpc) is 2.20. The maximum absolute atomic E-state index is 10.1. The van der Waals surface area contributed by atoms with E-state index in [9.17, 15) is 4.79 Å². The van der Waals surface area contributed by atoms with Gasteiger partial charge in [0.15, 0.2) is 0 Å². The molecule has 0 aromatic heterocycles. The molecule has 1 aromatic carbocycles. The quantitative estimate of drug-likeness (QED) is 0.620. The molecule has 0 bridgehead atoms. The molecule has 1 rings (SSSR count). The van der Waals surface area contributed by atoms with E-state index in [-0.39, 0.29) is 6.61 Å². The fraction of sp³-hybridized carbons (Fsp3) is 0.182. The molecule has 0 amide bonds. The fourth-order valence-corrected chi connectivity index (χ4v) is 1.10. The van der Waals surface area contributed by atoms with Gasteiger partial charge in [0.1, 0.15) is 0 Å². The first kappa shape index (κ1) is 11.8. The van der Waals surface area contributed by atoms with Crippen molar-refractivity contribution in [2.45, 2.75) is 6.61 Å². The number of hydrogen-bond acceptors (Lipinski definition) is 2. The molecule has 0 saturated heterocycles. The minimum Gasteiger partial charge on any atom is -0.478 e. The Labute approximate surface area is 92.9 Å². The molecule has 0 fully saturated rings. The molecular formula is C11H11ClO3. The highest BCUT2D eigenvalue weighted by atomic mass is 35.5. The van der Waals surface area contributed by atoms with Crippen LogP contribution in [0.25, 0.3) is 0 Å². The van der Waals surface area contributed by atoms with Crippen LogP contribution < -0.4 is 0 Å². The molecule has 80 valence electrons. The normalized spacial score (nSPS) is 10.7. The molecule has 0 spiro atoms. The van der Waals surface area contributed by atoms with Crippen molar-refractivity contribution < 1.29 is 14.6 Å². The number of rotatable bonds is 5. The minimum absolute atomic E-state index is 0.287. The number of ether oxygens (including phenoxy) is 1. The zero-order chi connectivity index (χ0) is 11.1. The summed E-state index contributed by atoms with van der Waals surface area (Å²) < 4.78 is 5.22. The summed E-state index contributed by atoms with van der Waals surface area (Å²) >= 11 is 5.71. The summed E-state index contributed by atoms with van der Waals surface area (Å²) in [5.41, 5.74) is 1.00. The van der Waals surface area contributed by atoms with Crippen LogP contribution in [0.1, 0.15) is 5.56 Å². The van der Waals surface area contributed by atoms with E-state index in [4.69, 9.17) is 21.4 Å². The summed E-state index contributed by atoms with van der Waals surface area (Å²) in [6.07, 6.45) is 2.51. The van der Waals surface area contributed by atoms with Crippen LogP contribution in [0, 0.1) is 0 Å². The average molecular weight is 227 g/mol. The highest BCUT2D eigenvalue weighted by Gasteiger charge is 1.92. The van der Waals surface area contributed by atoms with Crippen molar-refractivity contribution in [1.82, 2.24) is 0 Å². The Kier molecular flexibility index (Phi) is 4.87. The minimum atomic E-state index is -0.968. The van der Waals surface area contributed by atoms with E-state index in [1.165, 1.54) is 6.08 Å². The molecule has 0 radical (unpaired) electrons. The third kappa shape index (κ3) is 5.20. The van der Waals surface area contributed by atoms with Gasteiger partial charge in [0.25, 0.3) is 0 Å². The zero-order valence-electron chi connectivity index (χ0n) is 8.02. The molecule has 4 heteroatoms. The molecule has 0 atom stereocenters. The molecular weight excluding hydrogens is 216 g/mol. The maximum Gasteiger partial charge on any atom is 0.328 e. The Hall–Kier alpha value is -1.32. The summed E-state index contributed by atoms with van der Waals surface area (Å²) in [6, 6.07) is 7.30. The fourth-order valence-electron chi connectivity index (χ4n) is 0.974. The molecule has 3 nitrogen and oxygen atoms in total. The van der Waals surface area contributed by atoms with Gasteiger partial charge in [0.2, 0.25) is 0 Å². The third-order valence-electron chi connectivity index (χ3n) is 1.66. The Balaban J connectivity index is 2.26. The zero-order valence-corrected chi connectivity index (χ0v) is 8.78. The van der Waals surface area contributed by atoms with Crippen LogP contribution in [0.3, 0.4) is 0 Å². The monoisotopic (exact) mass is 226 g/mol. The molecule has 0 aliphatic carbocycles. The van der Waals surface area contributed by atoms with Crippen LogP contribution >= 0.6 is 11.6 Å². The second kappa shape index (κ2) is 6.22. The summed E-state index contributed by atoms with van der Waals surface area (Å²) in [5.74, 6) is -0.968. The third-order valence-corrected chi connectivity index (χ3v) is 1.91. The largest absolute Gasteiger partial charge is 0.478 e. The van der Waals surface area contributed by atoms with Crippen LogP contribution in [0.2, 0.25) is 5.02 Å². The number of carboxylic acid groups (broad SMARTS) is 1. The van der Waals surface area contributed by atoms with Crippen molar-refractivity contribution in [3.63, 3.8) is 0 Å². The highest BCUT2D eigenvalue weighted by Crippen LogP contribution is 2.09. The lowest BCUT2D eigenvalue weighted by Crippen LogP contribution is -1.94. The number of hydrogen-bond donors (Lipinski definition) is 1. The predicted octanol–water partition coefficient (Wildman–Crippen LogP) is 2.50. The molecule has 15 heavy (non-hydrogen) atoms. The van der Waals surface area contributed by atoms with Crippen molar-refractivity contribution in [3.8, 4) is 0 Å². The summed E-state index contributed by atoms with van der Waals surface area (Å²) in [4.78, 5) is 10.1. The lowest BCUT2D eigenvalue weighted by molar-refractivity contribution is -0.131. The van der Waals surface area contributed by atoms with Gasteiger partial charge in [-0.15, -0.1) is 0 Å². The second-order valence-electron chi connectivity index (χ2n) is 2.88. The Morgan fingerprint density at radius 1 is 1.40 bits per heavy atom. The van der Waals surface area contributed by atoms with Crippen LogP contribution in [-0.2, 0) is 16.1 Å².